The van der Waals surface area contributed by atoms with E-state index in [2.05, 4.69) is 0 Å². The number of methoxy groups -OCH3 is 2. The summed E-state index contributed by atoms with van der Waals surface area (Å²) in [5, 5.41) is 18.7. The largest absolute Gasteiger partial charge is 0.493 e. The summed E-state index contributed by atoms with van der Waals surface area (Å²) in [5.74, 6) is 0.880. The molecule has 5 heteroatoms. The van der Waals surface area contributed by atoms with Crippen LogP contribution in [0.5, 0.6) is 11.5 Å². The van der Waals surface area contributed by atoms with Crippen LogP contribution in [0.4, 0.5) is 0 Å². The molecule has 2 aromatic carbocycles. The fraction of sp³-hybridized carbons (Fsp3) is 0.0952. The van der Waals surface area contributed by atoms with Gasteiger partial charge in [0.1, 0.15) is 17.7 Å². The zero-order chi connectivity index (χ0) is 18.7. The first-order chi connectivity index (χ1) is 12.6. The first kappa shape index (κ1) is 17.0. The molecule has 0 unspecified atom stereocenters. The molecule has 0 amide bonds. The Bertz CT molecular complexity index is 1030. The SMILES string of the molecule is COc1ccc(C=C2C(=O)c3ccccc3C2=C(C#N)C#N)cc1OC. The molecule has 2 aromatic rings. The minimum atomic E-state index is -0.214. The highest BCUT2D eigenvalue weighted by Gasteiger charge is 2.32. The molecule has 0 radical (unpaired) electrons. The normalized spacial score (nSPS) is 13.8. The van der Waals surface area contributed by atoms with Crippen LogP contribution in [0.25, 0.3) is 11.6 Å². The van der Waals surface area contributed by atoms with E-state index in [-0.39, 0.29) is 11.4 Å². The third kappa shape index (κ3) is 2.72. The van der Waals surface area contributed by atoms with E-state index >= 15 is 0 Å². The van der Waals surface area contributed by atoms with Crippen LogP contribution in [-0.4, -0.2) is 20.0 Å². The lowest BCUT2D eigenvalue weighted by molar-refractivity contribution is 0.104. The van der Waals surface area contributed by atoms with E-state index in [0.717, 1.165) is 0 Å². The number of carbonyl (C=O) groups excluding carboxylic acids is 1. The molecule has 0 atom stereocenters. The number of allylic oxidation sites excluding steroid dienone is 3. The molecule has 0 bridgehead atoms. The predicted molar refractivity (Wildman–Crippen MR) is 96.4 cm³/mol. The highest BCUT2D eigenvalue weighted by atomic mass is 16.5. The molecule has 0 N–H and O–H groups in total. The highest BCUT2D eigenvalue weighted by molar-refractivity contribution is 6.29. The second kappa shape index (κ2) is 6.96. The van der Waals surface area contributed by atoms with Crippen molar-refractivity contribution >= 4 is 17.4 Å². The van der Waals surface area contributed by atoms with Gasteiger partial charge in [-0.1, -0.05) is 30.3 Å². The Morgan fingerprint density at radius 1 is 0.962 bits per heavy atom. The predicted octanol–water partition coefficient (Wildman–Crippen LogP) is 3.78. The van der Waals surface area contributed by atoms with E-state index in [0.29, 0.717) is 39.3 Å². The number of Topliss-reactive ketones (excluding diaryl/α,β-unsaturated/α-hetero) is 1. The van der Waals surface area contributed by atoms with E-state index in [9.17, 15) is 15.3 Å². The first-order valence-corrected chi connectivity index (χ1v) is 7.77. The van der Waals surface area contributed by atoms with Crippen LogP contribution in [0.15, 0.2) is 53.6 Å². The number of fused-ring (bicyclic) bond motifs is 1. The quantitative estimate of drug-likeness (QED) is 0.626. The number of benzene rings is 2. The van der Waals surface area contributed by atoms with E-state index in [1.807, 2.05) is 12.1 Å². The van der Waals surface area contributed by atoms with Crippen molar-refractivity contribution in [1.82, 2.24) is 0 Å². The molecule has 0 fully saturated rings. The van der Waals surface area contributed by atoms with Gasteiger partial charge in [0.25, 0.3) is 0 Å². The second-order valence-corrected chi connectivity index (χ2v) is 5.52. The Morgan fingerprint density at radius 3 is 2.23 bits per heavy atom. The summed E-state index contributed by atoms with van der Waals surface area (Å²) in [5.41, 5.74) is 2.38. The molecule has 0 saturated carbocycles. The van der Waals surface area contributed by atoms with Crippen molar-refractivity contribution in [1.29, 1.82) is 10.5 Å². The molecule has 3 rings (SSSR count). The number of nitriles is 2. The minimum Gasteiger partial charge on any atom is -0.493 e. The van der Waals surface area contributed by atoms with E-state index in [4.69, 9.17) is 9.47 Å². The Labute approximate surface area is 151 Å². The van der Waals surface area contributed by atoms with Gasteiger partial charge in [-0.25, -0.2) is 0 Å². The number of hydrogen-bond acceptors (Lipinski definition) is 5. The van der Waals surface area contributed by atoms with Crippen molar-refractivity contribution in [2.75, 3.05) is 14.2 Å². The highest BCUT2D eigenvalue weighted by Crippen LogP contribution is 2.40. The first-order valence-electron chi connectivity index (χ1n) is 7.77. The summed E-state index contributed by atoms with van der Waals surface area (Å²) in [6, 6.07) is 16.0. The Morgan fingerprint density at radius 2 is 1.62 bits per heavy atom. The van der Waals surface area contributed by atoms with Gasteiger partial charge in [-0.3, -0.25) is 4.79 Å². The Balaban J connectivity index is 2.23. The van der Waals surface area contributed by atoms with E-state index < -0.39 is 0 Å². The van der Waals surface area contributed by atoms with Crippen LogP contribution in [0.3, 0.4) is 0 Å². The molecule has 1 aliphatic rings. The summed E-state index contributed by atoms with van der Waals surface area (Å²) in [7, 11) is 3.07. The van der Waals surface area contributed by atoms with Crippen LogP contribution < -0.4 is 9.47 Å². The lowest BCUT2D eigenvalue weighted by atomic mass is 9.98. The topological polar surface area (TPSA) is 83.1 Å². The molecule has 0 spiro atoms. The number of rotatable bonds is 3. The fourth-order valence-corrected chi connectivity index (χ4v) is 2.96. The van der Waals surface area contributed by atoms with Gasteiger partial charge in [-0.05, 0) is 29.3 Å². The van der Waals surface area contributed by atoms with Crippen LogP contribution in [0.1, 0.15) is 21.5 Å². The van der Waals surface area contributed by atoms with Crippen molar-refractivity contribution in [3.8, 4) is 23.6 Å². The van der Waals surface area contributed by atoms with Crippen molar-refractivity contribution in [3.05, 3.63) is 70.3 Å². The average molecular weight is 342 g/mol. The summed E-state index contributed by atoms with van der Waals surface area (Å²) in [4.78, 5) is 12.8. The Hall–Kier alpha value is -3.83. The van der Waals surface area contributed by atoms with E-state index in [1.54, 1.807) is 55.7 Å². The third-order valence-electron chi connectivity index (χ3n) is 4.15. The fourth-order valence-electron chi connectivity index (χ4n) is 2.96. The number of ketones is 1. The molecular formula is C21H14N2O3. The summed E-state index contributed by atoms with van der Waals surface area (Å²) < 4.78 is 10.5. The zero-order valence-corrected chi connectivity index (χ0v) is 14.2. The van der Waals surface area contributed by atoms with Crippen molar-refractivity contribution in [2.24, 2.45) is 0 Å². The Kier molecular flexibility index (Phi) is 4.55. The molecule has 26 heavy (non-hydrogen) atoms. The zero-order valence-electron chi connectivity index (χ0n) is 14.2. The maximum Gasteiger partial charge on any atom is 0.194 e. The second-order valence-electron chi connectivity index (χ2n) is 5.52. The third-order valence-corrected chi connectivity index (χ3v) is 4.15. The van der Waals surface area contributed by atoms with Gasteiger partial charge in [0.05, 0.1) is 14.2 Å². The van der Waals surface area contributed by atoms with Gasteiger partial charge in [0.15, 0.2) is 17.3 Å². The standard InChI is InChI=1S/C21H14N2O3/c1-25-18-8-7-13(10-19(18)26-2)9-17-20(14(11-22)12-23)15-5-3-4-6-16(15)21(17)24/h3-10H,1-2H3. The molecule has 5 nitrogen and oxygen atoms in total. The van der Waals surface area contributed by atoms with Gasteiger partial charge < -0.3 is 9.47 Å². The van der Waals surface area contributed by atoms with Crippen LogP contribution in [-0.2, 0) is 0 Å². The van der Waals surface area contributed by atoms with Crippen LogP contribution in [0, 0.1) is 22.7 Å². The maximum absolute atomic E-state index is 12.8. The molecule has 1 aliphatic carbocycles. The van der Waals surface area contributed by atoms with Gasteiger partial charge in [-0.15, -0.1) is 0 Å². The minimum absolute atomic E-state index is 0.0879. The van der Waals surface area contributed by atoms with E-state index in [1.165, 1.54) is 7.11 Å². The smallest absolute Gasteiger partial charge is 0.194 e. The van der Waals surface area contributed by atoms with Crippen molar-refractivity contribution in [2.45, 2.75) is 0 Å². The molecule has 126 valence electrons. The summed E-state index contributed by atoms with van der Waals surface area (Å²) in [6.07, 6.45) is 1.66. The van der Waals surface area contributed by atoms with Gasteiger partial charge in [0.2, 0.25) is 0 Å². The average Bonchev–Trinajstić information content (AvgIpc) is 2.95. The van der Waals surface area contributed by atoms with Gasteiger partial charge in [0, 0.05) is 16.7 Å². The van der Waals surface area contributed by atoms with Gasteiger partial charge in [-0.2, -0.15) is 10.5 Å². The molecule has 0 saturated heterocycles. The molecule has 0 aromatic heterocycles. The maximum atomic E-state index is 12.8. The van der Waals surface area contributed by atoms with Crippen molar-refractivity contribution in [3.63, 3.8) is 0 Å². The van der Waals surface area contributed by atoms with Gasteiger partial charge >= 0.3 is 0 Å². The lowest BCUT2D eigenvalue weighted by Crippen LogP contribution is -1.96. The number of nitrogens with zero attached hydrogens (tertiary/aromatic N) is 2. The van der Waals surface area contributed by atoms with Crippen LogP contribution in [0.2, 0.25) is 0 Å². The lowest BCUT2D eigenvalue weighted by Gasteiger charge is -2.08. The number of hydrogen-bond donors (Lipinski definition) is 0. The number of carbonyl (C=O) groups is 1. The van der Waals surface area contributed by atoms with Crippen molar-refractivity contribution < 1.29 is 14.3 Å². The molecule has 0 aliphatic heterocycles. The summed E-state index contributed by atoms with van der Waals surface area (Å²) in [6.45, 7) is 0. The molecule has 0 heterocycles. The summed E-state index contributed by atoms with van der Waals surface area (Å²) >= 11 is 0. The number of ether oxygens (including phenoxy) is 2. The molecular weight excluding hydrogens is 328 g/mol. The van der Waals surface area contributed by atoms with Crippen LogP contribution >= 0.6 is 0 Å². The monoisotopic (exact) mass is 342 g/mol.